The molecule has 0 saturated carbocycles. The van der Waals surface area contributed by atoms with Gasteiger partial charge < -0.3 is 15.4 Å². The van der Waals surface area contributed by atoms with Crippen LogP contribution in [0.4, 0.5) is 10.5 Å². The standard InChI is InChI=1S/C16H20N2O3S/c1-4-10(3)17-16(20)18-12-6-7-13-11(8-12)9-14(22-13)15(19)21-5-2/h6-10H,4-5H2,1-3H3,(H2,17,18,20). The molecule has 22 heavy (non-hydrogen) atoms. The summed E-state index contributed by atoms with van der Waals surface area (Å²) in [6.45, 7) is 6.10. The topological polar surface area (TPSA) is 67.4 Å². The van der Waals surface area contributed by atoms with Crippen LogP contribution in [-0.4, -0.2) is 24.6 Å². The van der Waals surface area contributed by atoms with Crippen LogP contribution in [0.15, 0.2) is 24.3 Å². The maximum absolute atomic E-state index is 11.8. The number of anilines is 1. The molecule has 2 aromatic rings. The first-order valence-corrected chi connectivity index (χ1v) is 8.13. The predicted octanol–water partition coefficient (Wildman–Crippen LogP) is 4.00. The largest absolute Gasteiger partial charge is 0.462 e. The van der Waals surface area contributed by atoms with E-state index >= 15 is 0 Å². The van der Waals surface area contributed by atoms with Crippen LogP contribution < -0.4 is 10.6 Å². The van der Waals surface area contributed by atoms with Gasteiger partial charge in [0.15, 0.2) is 0 Å². The number of hydrogen-bond acceptors (Lipinski definition) is 4. The van der Waals surface area contributed by atoms with Gasteiger partial charge in [-0.3, -0.25) is 0 Å². The van der Waals surface area contributed by atoms with Gasteiger partial charge in [0, 0.05) is 16.4 Å². The highest BCUT2D eigenvalue weighted by Gasteiger charge is 2.12. The molecule has 0 saturated heterocycles. The Bertz CT molecular complexity index is 681. The van der Waals surface area contributed by atoms with E-state index in [-0.39, 0.29) is 18.0 Å². The van der Waals surface area contributed by atoms with Gasteiger partial charge in [0.25, 0.3) is 0 Å². The van der Waals surface area contributed by atoms with Crippen molar-refractivity contribution >= 4 is 39.1 Å². The first-order valence-electron chi connectivity index (χ1n) is 7.31. The van der Waals surface area contributed by atoms with Crippen LogP contribution in [-0.2, 0) is 4.74 Å². The molecule has 0 aliphatic carbocycles. The van der Waals surface area contributed by atoms with Crippen LogP contribution in [0.3, 0.4) is 0 Å². The Labute approximate surface area is 133 Å². The van der Waals surface area contributed by atoms with Crippen LogP contribution in [0, 0.1) is 0 Å². The number of urea groups is 1. The van der Waals surface area contributed by atoms with Crippen LogP contribution in [0.1, 0.15) is 36.9 Å². The molecule has 2 rings (SSSR count). The van der Waals surface area contributed by atoms with Crippen molar-refractivity contribution in [3.8, 4) is 0 Å². The molecule has 5 nitrogen and oxygen atoms in total. The molecule has 1 aromatic heterocycles. The molecule has 6 heteroatoms. The van der Waals surface area contributed by atoms with Crippen LogP contribution in [0.5, 0.6) is 0 Å². The number of hydrogen-bond donors (Lipinski definition) is 2. The third kappa shape index (κ3) is 3.98. The normalized spacial score (nSPS) is 12.0. The number of nitrogens with one attached hydrogen (secondary N) is 2. The Morgan fingerprint density at radius 2 is 2.05 bits per heavy atom. The third-order valence-electron chi connectivity index (χ3n) is 3.24. The van der Waals surface area contributed by atoms with Gasteiger partial charge >= 0.3 is 12.0 Å². The molecule has 0 fully saturated rings. The highest BCUT2D eigenvalue weighted by Crippen LogP contribution is 2.28. The molecule has 0 aliphatic heterocycles. The lowest BCUT2D eigenvalue weighted by Gasteiger charge is -2.12. The second-order valence-electron chi connectivity index (χ2n) is 4.99. The number of carbonyl (C=O) groups is 2. The lowest BCUT2D eigenvalue weighted by atomic mass is 10.2. The zero-order chi connectivity index (χ0) is 16.1. The van der Waals surface area contributed by atoms with E-state index in [0.29, 0.717) is 17.2 Å². The van der Waals surface area contributed by atoms with E-state index in [0.717, 1.165) is 16.5 Å². The molecule has 0 radical (unpaired) electrons. The Morgan fingerprint density at radius 3 is 2.73 bits per heavy atom. The van der Waals surface area contributed by atoms with Crippen molar-refractivity contribution < 1.29 is 14.3 Å². The van der Waals surface area contributed by atoms with Crippen molar-refractivity contribution in [2.45, 2.75) is 33.2 Å². The van der Waals surface area contributed by atoms with Crippen LogP contribution in [0.2, 0.25) is 0 Å². The van der Waals surface area contributed by atoms with E-state index in [4.69, 9.17) is 4.74 Å². The number of fused-ring (bicyclic) bond motifs is 1. The minimum absolute atomic E-state index is 0.125. The summed E-state index contributed by atoms with van der Waals surface area (Å²) in [5.74, 6) is -0.312. The fourth-order valence-corrected chi connectivity index (χ4v) is 2.85. The summed E-state index contributed by atoms with van der Waals surface area (Å²) in [4.78, 5) is 24.1. The zero-order valence-electron chi connectivity index (χ0n) is 12.9. The molecule has 1 unspecified atom stereocenters. The second-order valence-corrected chi connectivity index (χ2v) is 6.08. The van der Waals surface area contributed by atoms with Gasteiger partial charge in [0.05, 0.1) is 6.61 Å². The van der Waals surface area contributed by atoms with Gasteiger partial charge in [-0.05, 0) is 49.9 Å². The number of benzene rings is 1. The average molecular weight is 320 g/mol. The molecule has 2 N–H and O–H groups in total. The van der Waals surface area contributed by atoms with Gasteiger partial charge in [-0.2, -0.15) is 0 Å². The summed E-state index contributed by atoms with van der Waals surface area (Å²) in [7, 11) is 0. The highest BCUT2D eigenvalue weighted by atomic mass is 32.1. The third-order valence-corrected chi connectivity index (χ3v) is 4.34. The number of amides is 2. The Balaban J connectivity index is 2.13. The molecule has 0 bridgehead atoms. The van der Waals surface area contributed by atoms with Crippen molar-refractivity contribution in [3.05, 3.63) is 29.1 Å². The lowest BCUT2D eigenvalue weighted by Crippen LogP contribution is -2.35. The molecule has 1 atom stereocenters. The molecule has 1 heterocycles. The smallest absolute Gasteiger partial charge is 0.348 e. The minimum Gasteiger partial charge on any atom is -0.462 e. The molecular formula is C16H20N2O3S. The molecule has 1 aromatic carbocycles. The van der Waals surface area contributed by atoms with Gasteiger partial charge in [0.2, 0.25) is 0 Å². The Morgan fingerprint density at radius 1 is 1.27 bits per heavy atom. The van der Waals surface area contributed by atoms with E-state index in [1.54, 1.807) is 13.0 Å². The van der Waals surface area contributed by atoms with Crippen molar-refractivity contribution in [2.75, 3.05) is 11.9 Å². The summed E-state index contributed by atoms with van der Waals surface area (Å²) in [5, 5.41) is 6.56. The lowest BCUT2D eigenvalue weighted by molar-refractivity contribution is 0.0532. The zero-order valence-corrected chi connectivity index (χ0v) is 13.8. The molecule has 0 spiro atoms. The molecular weight excluding hydrogens is 300 g/mol. The number of esters is 1. The van der Waals surface area contributed by atoms with E-state index in [2.05, 4.69) is 10.6 Å². The van der Waals surface area contributed by atoms with Crippen molar-refractivity contribution in [3.63, 3.8) is 0 Å². The summed E-state index contributed by atoms with van der Waals surface area (Å²) in [5.41, 5.74) is 0.696. The van der Waals surface area contributed by atoms with Gasteiger partial charge in [-0.25, -0.2) is 9.59 Å². The molecule has 0 aliphatic rings. The minimum atomic E-state index is -0.312. The van der Waals surface area contributed by atoms with Crippen LogP contribution in [0.25, 0.3) is 10.1 Å². The predicted molar refractivity (Wildman–Crippen MR) is 89.7 cm³/mol. The second kappa shape index (κ2) is 7.26. The maximum Gasteiger partial charge on any atom is 0.348 e. The monoisotopic (exact) mass is 320 g/mol. The van der Waals surface area contributed by atoms with Gasteiger partial charge in [-0.1, -0.05) is 6.92 Å². The Hall–Kier alpha value is -2.08. The summed E-state index contributed by atoms with van der Waals surface area (Å²) in [6.07, 6.45) is 0.875. The van der Waals surface area contributed by atoms with E-state index in [1.807, 2.05) is 32.0 Å². The number of carbonyl (C=O) groups excluding carboxylic acids is 2. The van der Waals surface area contributed by atoms with Crippen molar-refractivity contribution in [1.29, 1.82) is 0 Å². The fourth-order valence-electron chi connectivity index (χ4n) is 1.92. The van der Waals surface area contributed by atoms with Crippen LogP contribution >= 0.6 is 11.3 Å². The number of thiophene rings is 1. The average Bonchev–Trinajstić information content (AvgIpc) is 2.90. The summed E-state index contributed by atoms with van der Waals surface area (Å²) >= 11 is 1.38. The first-order chi connectivity index (χ1) is 10.5. The quantitative estimate of drug-likeness (QED) is 0.818. The van der Waals surface area contributed by atoms with E-state index in [1.165, 1.54) is 11.3 Å². The first kappa shape index (κ1) is 16.3. The SMILES string of the molecule is CCOC(=O)c1cc2cc(NC(=O)NC(C)CC)ccc2s1. The molecule has 2 amide bonds. The highest BCUT2D eigenvalue weighted by molar-refractivity contribution is 7.20. The van der Waals surface area contributed by atoms with E-state index < -0.39 is 0 Å². The summed E-state index contributed by atoms with van der Waals surface area (Å²) in [6, 6.07) is 7.25. The summed E-state index contributed by atoms with van der Waals surface area (Å²) < 4.78 is 5.98. The van der Waals surface area contributed by atoms with Crippen molar-refractivity contribution in [1.82, 2.24) is 5.32 Å². The van der Waals surface area contributed by atoms with Crippen molar-refractivity contribution in [2.24, 2.45) is 0 Å². The fraction of sp³-hybridized carbons (Fsp3) is 0.375. The Kier molecular flexibility index (Phi) is 5.38. The number of ether oxygens (including phenoxy) is 1. The van der Waals surface area contributed by atoms with E-state index in [9.17, 15) is 9.59 Å². The molecule has 118 valence electrons. The maximum atomic E-state index is 11.8. The van der Waals surface area contributed by atoms with Gasteiger partial charge in [0.1, 0.15) is 4.88 Å². The number of rotatable bonds is 5. The van der Waals surface area contributed by atoms with Gasteiger partial charge in [-0.15, -0.1) is 11.3 Å².